The molecule has 30 heavy (non-hydrogen) atoms. The summed E-state index contributed by atoms with van der Waals surface area (Å²) in [6.07, 6.45) is 0. The van der Waals surface area contributed by atoms with Gasteiger partial charge in [0.15, 0.2) is 5.13 Å². The number of anilines is 3. The van der Waals surface area contributed by atoms with E-state index in [-0.39, 0.29) is 22.2 Å². The number of rotatable bonds is 6. The fraction of sp³-hybridized carbons (Fsp3) is 0.105. The fourth-order valence-corrected chi connectivity index (χ4v) is 4.76. The van der Waals surface area contributed by atoms with Gasteiger partial charge >= 0.3 is 0 Å². The number of carbonyl (C=O) groups is 2. The van der Waals surface area contributed by atoms with Crippen molar-refractivity contribution >= 4 is 61.3 Å². The smallest absolute Gasteiger partial charge is 0.275 e. The Kier molecular flexibility index (Phi) is 6.40. The van der Waals surface area contributed by atoms with Gasteiger partial charge in [0.2, 0.25) is 5.91 Å². The van der Waals surface area contributed by atoms with Gasteiger partial charge in [-0.25, -0.2) is 13.4 Å². The molecule has 0 aliphatic carbocycles. The average molecular weight is 465 g/mol. The van der Waals surface area contributed by atoms with Crippen LogP contribution in [-0.4, -0.2) is 25.2 Å². The largest absolute Gasteiger partial charge is 0.321 e. The number of halogens is 1. The van der Waals surface area contributed by atoms with Gasteiger partial charge in [-0.3, -0.25) is 14.3 Å². The first kappa shape index (κ1) is 21.8. The van der Waals surface area contributed by atoms with E-state index >= 15 is 0 Å². The first-order chi connectivity index (χ1) is 14.1. The van der Waals surface area contributed by atoms with Crippen molar-refractivity contribution in [3.05, 3.63) is 64.1 Å². The van der Waals surface area contributed by atoms with Crippen LogP contribution in [0.2, 0.25) is 5.02 Å². The monoisotopic (exact) mass is 464 g/mol. The molecule has 2 aromatic carbocycles. The number of carbonyl (C=O) groups excluding carboxylic acids is 2. The Morgan fingerprint density at radius 1 is 1.07 bits per heavy atom. The minimum atomic E-state index is -3.91. The van der Waals surface area contributed by atoms with Crippen LogP contribution in [0.4, 0.5) is 16.5 Å². The highest BCUT2D eigenvalue weighted by Gasteiger charge is 2.19. The maximum Gasteiger partial charge on any atom is 0.275 e. The highest BCUT2D eigenvalue weighted by atomic mass is 35.5. The van der Waals surface area contributed by atoms with E-state index in [9.17, 15) is 18.0 Å². The lowest BCUT2D eigenvalue weighted by Crippen LogP contribution is -2.16. The number of thiazole rings is 1. The molecule has 0 spiro atoms. The first-order valence-corrected chi connectivity index (χ1v) is 11.3. The topological polar surface area (TPSA) is 117 Å². The molecule has 156 valence electrons. The molecule has 11 heteroatoms. The quantitative estimate of drug-likeness (QED) is 0.507. The second-order valence-corrected chi connectivity index (χ2v) is 9.21. The summed E-state index contributed by atoms with van der Waals surface area (Å²) >= 11 is 7.02. The van der Waals surface area contributed by atoms with Gasteiger partial charge in [0.25, 0.3) is 15.9 Å². The molecular weight excluding hydrogens is 448 g/mol. The summed E-state index contributed by atoms with van der Waals surface area (Å²) in [6, 6.07) is 10.9. The predicted molar refractivity (Wildman–Crippen MR) is 118 cm³/mol. The molecule has 3 aromatic rings. The van der Waals surface area contributed by atoms with Crippen molar-refractivity contribution in [2.45, 2.75) is 18.7 Å². The summed E-state index contributed by atoms with van der Waals surface area (Å²) in [6.45, 7) is 2.99. The number of amides is 2. The van der Waals surface area contributed by atoms with Crippen LogP contribution >= 0.6 is 22.9 Å². The number of benzene rings is 2. The van der Waals surface area contributed by atoms with Crippen LogP contribution in [0.3, 0.4) is 0 Å². The van der Waals surface area contributed by atoms with Crippen molar-refractivity contribution < 1.29 is 18.0 Å². The van der Waals surface area contributed by atoms with Crippen LogP contribution in [0.25, 0.3) is 0 Å². The zero-order valence-electron chi connectivity index (χ0n) is 15.9. The molecule has 0 fully saturated rings. The van der Waals surface area contributed by atoms with E-state index in [1.54, 1.807) is 37.3 Å². The van der Waals surface area contributed by atoms with E-state index in [0.29, 0.717) is 21.4 Å². The van der Waals surface area contributed by atoms with Crippen LogP contribution < -0.4 is 15.4 Å². The Morgan fingerprint density at radius 3 is 2.53 bits per heavy atom. The molecular formula is C19H17ClN4O4S2. The molecule has 0 aliphatic heterocycles. The van der Waals surface area contributed by atoms with Gasteiger partial charge in [-0.05, 0) is 42.8 Å². The average Bonchev–Trinajstić information content (AvgIpc) is 3.10. The maximum atomic E-state index is 12.8. The third kappa shape index (κ3) is 5.35. The molecule has 0 bridgehead atoms. The van der Waals surface area contributed by atoms with E-state index in [0.717, 1.165) is 11.3 Å². The van der Waals surface area contributed by atoms with E-state index in [1.165, 1.54) is 24.4 Å². The lowest BCUT2D eigenvalue weighted by molar-refractivity contribution is -0.114. The zero-order valence-corrected chi connectivity index (χ0v) is 18.3. The first-order valence-electron chi connectivity index (χ1n) is 8.57. The van der Waals surface area contributed by atoms with Crippen molar-refractivity contribution in [3.8, 4) is 0 Å². The van der Waals surface area contributed by atoms with Gasteiger partial charge < -0.3 is 10.6 Å². The second-order valence-electron chi connectivity index (χ2n) is 6.27. The van der Waals surface area contributed by atoms with E-state index in [2.05, 4.69) is 20.3 Å². The van der Waals surface area contributed by atoms with Crippen LogP contribution in [0.5, 0.6) is 0 Å². The van der Waals surface area contributed by atoms with Crippen molar-refractivity contribution in [3.63, 3.8) is 0 Å². The number of hydrogen-bond donors (Lipinski definition) is 3. The number of nitrogens with one attached hydrogen (secondary N) is 3. The predicted octanol–water partition coefficient (Wildman–Crippen LogP) is 4.12. The summed E-state index contributed by atoms with van der Waals surface area (Å²) in [5.41, 5.74) is 1.21. The Bertz CT molecular complexity index is 1220. The molecule has 1 heterocycles. The minimum Gasteiger partial charge on any atom is -0.321 e. The number of hydrogen-bond acceptors (Lipinski definition) is 6. The van der Waals surface area contributed by atoms with Gasteiger partial charge in [0.1, 0.15) is 5.69 Å². The summed E-state index contributed by atoms with van der Waals surface area (Å²) in [4.78, 5) is 27.6. The van der Waals surface area contributed by atoms with E-state index < -0.39 is 15.9 Å². The molecule has 2 amide bonds. The standard InChI is InChI=1S/C19H17ClN4O4S2/c1-11-6-7-14(22-18(26)16-10-29-19(23-16)21-12(2)25)9-17(11)30(27,28)24-15-5-3-4-13(20)8-15/h3-10,24H,1-2H3,(H,22,26)(H,21,23,25). The summed E-state index contributed by atoms with van der Waals surface area (Å²) in [5, 5.41) is 7.30. The molecule has 0 atom stereocenters. The Morgan fingerprint density at radius 2 is 1.83 bits per heavy atom. The zero-order chi connectivity index (χ0) is 21.9. The van der Waals surface area contributed by atoms with Gasteiger partial charge in [-0.1, -0.05) is 23.7 Å². The fourth-order valence-electron chi connectivity index (χ4n) is 2.51. The van der Waals surface area contributed by atoms with E-state index in [1.807, 2.05) is 0 Å². The van der Waals surface area contributed by atoms with Crippen molar-refractivity contribution in [2.75, 3.05) is 15.4 Å². The normalized spacial score (nSPS) is 11.0. The number of sulfonamides is 1. The molecule has 3 rings (SSSR count). The Hall–Kier alpha value is -2.95. The molecule has 3 N–H and O–H groups in total. The van der Waals surface area contributed by atoms with Crippen molar-refractivity contribution in [1.29, 1.82) is 0 Å². The number of aromatic nitrogens is 1. The minimum absolute atomic E-state index is 0.0116. The number of nitrogens with zero attached hydrogens (tertiary/aromatic N) is 1. The highest BCUT2D eigenvalue weighted by Crippen LogP contribution is 2.25. The van der Waals surface area contributed by atoms with Gasteiger partial charge in [-0.2, -0.15) is 0 Å². The van der Waals surface area contributed by atoms with Gasteiger partial charge in [0, 0.05) is 23.0 Å². The maximum absolute atomic E-state index is 12.8. The van der Waals surface area contributed by atoms with Crippen molar-refractivity contribution in [1.82, 2.24) is 4.98 Å². The van der Waals surface area contributed by atoms with E-state index in [4.69, 9.17) is 11.6 Å². The summed E-state index contributed by atoms with van der Waals surface area (Å²) in [7, 11) is -3.91. The molecule has 0 unspecified atom stereocenters. The van der Waals surface area contributed by atoms with Crippen LogP contribution in [-0.2, 0) is 14.8 Å². The molecule has 0 aliphatic rings. The summed E-state index contributed by atoms with van der Waals surface area (Å²) in [5.74, 6) is -0.824. The van der Waals surface area contributed by atoms with Crippen LogP contribution in [0.1, 0.15) is 23.0 Å². The molecule has 1 aromatic heterocycles. The lowest BCUT2D eigenvalue weighted by Gasteiger charge is -2.12. The SMILES string of the molecule is CC(=O)Nc1nc(C(=O)Nc2ccc(C)c(S(=O)(=O)Nc3cccc(Cl)c3)c2)cs1. The Balaban J connectivity index is 1.81. The van der Waals surface area contributed by atoms with Gasteiger partial charge in [0.05, 0.1) is 10.6 Å². The third-order valence-corrected chi connectivity index (χ3v) is 6.35. The van der Waals surface area contributed by atoms with Crippen LogP contribution in [0, 0.1) is 6.92 Å². The van der Waals surface area contributed by atoms with Crippen LogP contribution in [0.15, 0.2) is 52.7 Å². The highest BCUT2D eigenvalue weighted by molar-refractivity contribution is 7.92. The lowest BCUT2D eigenvalue weighted by atomic mass is 10.2. The number of aryl methyl sites for hydroxylation is 1. The molecule has 0 saturated carbocycles. The van der Waals surface area contributed by atoms with Crippen molar-refractivity contribution in [2.24, 2.45) is 0 Å². The Labute approximate surface area is 182 Å². The summed E-state index contributed by atoms with van der Waals surface area (Å²) < 4.78 is 28.1. The second kappa shape index (κ2) is 8.82. The molecule has 8 nitrogen and oxygen atoms in total. The molecule has 0 radical (unpaired) electrons. The molecule has 0 saturated heterocycles. The third-order valence-electron chi connectivity index (χ3n) is 3.83. The van der Waals surface area contributed by atoms with Gasteiger partial charge in [-0.15, -0.1) is 11.3 Å².